The van der Waals surface area contributed by atoms with Gasteiger partial charge in [0.1, 0.15) is 0 Å². The highest BCUT2D eigenvalue weighted by atomic mass is 14.3. The summed E-state index contributed by atoms with van der Waals surface area (Å²) in [5.74, 6) is 0.755. The van der Waals surface area contributed by atoms with E-state index < -0.39 is 0 Å². The minimum Gasteiger partial charge on any atom is -0.0910 e. The molecule has 2 aliphatic carbocycles. The Hall–Kier alpha value is -0.780. The SMILES string of the molecule is CC=CC1CC2=CC=C1C2. The zero-order valence-electron chi connectivity index (χ0n) is 6.30. The third-order valence-corrected chi connectivity index (χ3v) is 2.35. The number of allylic oxidation sites excluding steroid dienone is 6. The van der Waals surface area contributed by atoms with Crippen molar-refractivity contribution in [2.75, 3.05) is 0 Å². The fourth-order valence-corrected chi connectivity index (χ4v) is 1.84. The Morgan fingerprint density at radius 2 is 2.40 bits per heavy atom. The van der Waals surface area contributed by atoms with Crippen LogP contribution in [0.15, 0.2) is 35.5 Å². The highest BCUT2D eigenvalue weighted by Crippen LogP contribution is 2.40. The van der Waals surface area contributed by atoms with Crippen LogP contribution in [0.2, 0.25) is 0 Å². The molecule has 52 valence electrons. The molecule has 0 N–H and O–H groups in total. The molecule has 0 aromatic carbocycles. The summed E-state index contributed by atoms with van der Waals surface area (Å²) in [7, 11) is 0. The van der Waals surface area contributed by atoms with Crippen LogP contribution in [0.4, 0.5) is 0 Å². The molecule has 1 saturated carbocycles. The molecular weight excluding hydrogens is 120 g/mol. The Labute approximate surface area is 61.9 Å². The summed E-state index contributed by atoms with van der Waals surface area (Å²) < 4.78 is 0. The van der Waals surface area contributed by atoms with Crippen molar-refractivity contribution in [3.8, 4) is 0 Å². The fourth-order valence-electron chi connectivity index (χ4n) is 1.84. The first-order chi connectivity index (χ1) is 4.90. The lowest BCUT2D eigenvalue weighted by atomic mass is 10.00. The number of fused-ring (bicyclic) bond motifs is 2. The van der Waals surface area contributed by atoms with E-state index >= 15 is 0 Å². The molecular formula is C10H12. The average Bonchev–Trinajstić information content (AvgIpc) is 2.48. The van der Waals surface area contributed by atoms with E-state index in [4.69, 9.17) is 0 Å². The second-order valence-corrected chi connectivity index (χ2v) is 3.08. The van der Waals surface area contributed by atoms with E-state index in [2.05, 4.69) is 31.2 Å². The monoisotopic (exact) mass is 132 g/mol. The van der Waals surface area contributed by atoms with Crippen LogP contribution >= 0.6 is 0 Å². The van der Waals surface area contributed by atoms with Crippen LogP contribution < -0.4 is 0 Å². The van der Waals surface area contributed by atoms with Crippen molar-refractivity contribution in [2.45, 2.75) is 19.8 Å². The van der Waals surface area contributed by atoms with E-state index in [-0.39, 0.29) is 0 Å². The molecule has 0 radical (unpaired) electrons. The van der Waals surface area contributed by atoms with Crippen LogP contribution in [-0.4, -0.2) is 0 Å². The topological polar surface area (TPSA) is 0 Å². The number of rotatable bonds is 1. The van der Waals surface area contributed by atoms with Gasteiger partial charge in [-0.25, -0.2) is 0 Å². The van der Waals surface area contributed by atoms with Gasteiger partial charge in [-0.1, -0.05) is 35.5 Å². The maximum absolute atomic E-state index is 2.31. The molecule has 0 heteroatoms. The van der Waals surface area contributed by atoms with Crippen molar-refractivity contribution in [1.29, 1.82) is 0 Å². The molecule has 0 aromatic heterocycles. The Morgan fingerprint density at radius 3 is 2.90 bits per heavy atom. The third-order valence-electron chi connectivity index (χ3n) is 2.35. The van der Waals surface area contributed by atoms with Gasteiger partial charge in [0, 0.05) is 5.92 Å². The van der Waals surface area contributed by atoms with Gasteiger partial charge in [-0.3, -0.25) is 0 Å². The highest BCUT2D eigenvalue weighted by molar-refractivity contribution is 5.40. The zero-order valence-corrected chi connectivity index (χ0v) is 6.30. The van der Waals surface area contributed by atoms with Gasteiger partial charge in [0.2, 0.25) is 0 Å². The van der Waals surface area contributed by atoms with E-state index in [0.29, 0.717) is 0 Å². The summed E-state index contributed by atoms with van der Waals surface area (Å²) >= 11 is 0. The van der Waals surface area contributed by atoms with Crippen LogP contribution in [-0.2, 0) is 0 Å². The Bertz CT molecular complexity index is 228. The lowest BCUT2D eigenvalue weighted by molar-refractivity contribution is 0.817. The van der Waals surface area contributed by atoms with Crippen molar-refractivity contribution in [1.82, 2.24) is 0 Å². The lowest BCUT2D eigenvalue weighted by Gasteiger charge is -2.05. The molecule has 0 nitrogen and oxygen atoms in total. The van der Waals surface area contributed by atoms with E-state index in [9.17, 15) is 0 Å². The fraction of sp³-hybridized carbons (Fsp3) is 0.400. The maximum atomic E-state index is 2.31. The van der Waals surface area contributed by atoms with E-state index in [1.807, 2.05) is 0 Å². The summed E-state index contributed by atoms with van der Waals surface area (Å²) in [4.78, 5) is 0. The molecule has 0 amide bonds. The van der Waals surface area contributed by atoms with Gasteiger partial charge in [0.25, 0.3) is 0 Å². The van der Waals surface area contributed by atoms with Crippen molar-refractivity contribution < 1.29 is 0 Å². The molecule has 1 fully saturated rings. The molecule has 0 aromatic rings. The minimum atomic E-state index is 0.755. The Kier molecular flexibility index (Phi) is 1.26. The highest BCUT2D eigenvalue weighted by Gasteiger charge is 2.24. The smallest absolute Gasteiger partial charge is 0.00204 e. The van der Waals surface area contributed by atoms with Crippen LogP contribution in [0.1, 0.15) is 19.8 Å². The third kappa shape index (κ3) is 0.756. The van der Waals surface area contributed by atoms with Gasteiger partial charge in [0.05, 0.1) is 0 Å². The summed E-state index contributed by atoms with van der Waals surface area (Å²) in [6.07, 6.45) is 11.6. The largest absolute Gasteiger partial charge is 0.0910 e. The van der Waals surface area contributed by atoms with Crippen molar-refractivity contribution in [2.24, 2.45) is 5.92 Å². The first-order valence-electron chi connectivity index (χ1n) is 3.91. The molecule has 0 heterocycles. The zero-order chi connectivity index (χ0) is 6.97. The van der Waals surface area contributed by atoms with Crippen LogP contribution in [0, 0.1) is 5.92 Å². The molecule has 2 aliphatic rings. The summed E-state index contributed by atoms with van der Waals surface area (Å²) in [5.41, 5.74) is 3.24. The molecule has 10 heavy (non-hydrogen) atoms. The second kappa shape index (κ2) is 2.12. The Balaban J connectivity index is 2.18. The van der Waals surface area contributed by atoms with Crippen LogP contribution in [0.3, 0.4) is 0 Å². The molecule has 0 saturated heterocycles. The second-order valence-electron chi connectivity index (χ2n) is 3.08. The molecule has 2 rings (SSSR count). The quantitative estimate of drug-likeness (QED) is 0.481. The number of hydrogen-bond acceptors (Lipinski definition) is 0. The molecule has 0 aliphatic heterocycles. The van der Waals surface area contributed by atoms with Gasteiger partial charge in [-0.2, -0.15) is 0 Å². The molecule has 0 spiro atoms. The molecule has 2 bridgehead atoms. The normalized spacial score (nSPS) is 29.5. The van der Waals surface area contributed by atoms with Crippen molar-refractivity contribution in [3.05, 3.63) is 35.5 Å². The minimum absolute atomic E-state index is 0.755. The van der Waals surface area contributed by atoms with E-state index in [0.717, 1.165) is 5.92 Å². The van der Waals surface area contributed by atoms with Gasteiger partial charge >= 0.3 is 0 Å². The van der Waals surface area contributed by atoms with Crippen LogP contribution in [0.25, 0.3) is 0 Å². The van der Waals surface area contributed by atoms with Gasteiger partial charge in [0.15, 0.2) is 0 Å². The van der Waals surface area contributed by atoms with E-state index in [1.54, 1.807) is 11.1 Å². The lowest BCUT2D eigenvalue weighted by Crippen LogP contribution is -1.91. The van der Waals surface area contributed by atoms with Crippen molar-refractivity contribution >= 4 is 0 Å². The maximum Gasteiger partial charge on any atom is 0.00204 e. The summed E-state index contributed by atoms with van der Waals surface area (Å²) in [6.45, 7) is 2.10. The summed E-state index contributed by atoms with van der Waals surface area (Å²) in [5, 5.41) is 0. The van der Waals surface area contributed by atoms with Crippen molar-refractivity contribution in [3.63, 3.8) is 0 Å². The first-order valence-corrected chi connectivity index (χ1v) is 3.91. The van der Waals surface area contributed by atoms with E-state index in [1.165, 1.54) is 12.8 Å². The standard InChI is InChI=1S/C10H12/c1-2-3-9-6-8-4-5-10(9)7-8/h2-5,9H,6-7H2,1H3. The predicted molar refractivity (Wildman–Crippen MR) is 43.7 cm³/mol. The van der Waals surface area contributed by atoms with Gasteiger partial charge in [-0.15, -0.1) is 0 Å². The first kappa shape index (κ1) is 5.96. The average molecular weight is 132 g/mol. The van der Waals surface area contributed by atoms with Crippen LogP contribution in [0.5, 0.6) is 0 Å². The number of hydrogen-bond donors (Lipinski definition) is 0. The molecule has 1 atom stereocenters. The Morgan fingerprint density at radius 1 is 1.50 bits per heavy atom. The summed E-state index contributed by atoms with van der Waals surface area (Å²) in [6, 6.07) is 0. The predicted octanol–water partition coefficient (Wildman–Crippen LogP) is 2.84. The van der Waals surface area contributed by atoms with Gasteiger partial charge in [-0.05, 0) is 19.8 Å². The van der Waals surface area contributed by atoms with Gasteiger partial charge < -0.3 is 0 Å². The molecule has 1 unspecified atom stereocenters.